The normalized spacial score (nSPS) is 13.0. The van der Waals surface area contributed by atoms with Crippen LogP contribution in [0.15, 0.2) is 60.7 Å². The highest BCUT2D eigenvalue weighted by atomic mass is 32.1. The number of hydrogen-bond acceptors (Lipinski definition) is 4. The minimum Gasteiger partial charge on any atom is -0.397 e. The van der Waals surface area contributed by atoms with Crippen LogP contribution in [-0.4, -0.2) is 10.9 Å². The molecule has 0 unspecified atom stereocenters. The molecule has 0 bridgehead atoms. The molecule has 0 radical (unpaired) electrons. The Morgan fingerprint density at radius 2 is 1.65 bits per heavy atom. The van der Waals surface area contributed by atoms with Crippen LogP contribution >= 0.6 is 11.3 Å². The van der Waals surface area contributed by atoms with Crippen LogP contribution in [-0.2, 0) is 19.3 Å². The van der Waals surface area contributed by atoms with Gasteiger partial charge in [0, 0.05) is 11.1 Å². The van der Waals surface area contributed by atoms with E-state index in [1.54, 1.807) is 0 Å². The quantitative estimate of drug-likeness (QED) is 0.416. The minimum absolute atomic E-state index is 0.0857. The van der Waals surface area contributed by atoms with E-state index in [2.05, 4.69) is 19.1 Å². The lowest BCUT2D eigenvalue weighted by Crippen LogP contribution is -2.26. The molecule has 5 rings (SSSR count). The zero-order valence-electron chi connectivity index (χ0n) is 17.6. The molecule has 0 saturated heterocycles. The number of rotatable bonds is 4. The van der Waals surface area contributed by atoms with E-state index in [0.29, 0.717) is 10.6 Å². The van der Waals surface area contributed by atoms with E-state index < -0.39 is 0 Å². The molecule has 1 aliphatic heterocycles. The van der Waals surface area contributed by atoms with Crippen LogP contribution in [0.2, 0.25) is 0 Å². The first-order chi connectivity index (χ1) is 15.2. The molecule has 0 spiro atoms. The lowest BCUT2D eigenvalue weighted by atomic mass is 10.0. The number of nitrogen functional groups attached to an aromatic ring is 1. The van der Waals surface area contributed by atoms with E-state index in [9.17, 15) is 4.79 Å². The molecule has 2 aromatic carbocycles. The van der Waals surface area contributed by atoms with Crippen LogP contribution in [0.1, 0.15) is 46.3 Å². The number of pyridine rings is 1. The Bertz CT molecular complexity index is 1230. The molecule has 4 nitrogen and oxygen atoms in total. The van der Waals surface area contributed by atoms with Crippen molar-refractivity contribution >= 4 is 44.5 Å². The number of fused-ring (bicyclic) bond motifs is 3. The number of carbonyl (C=O) groups excluding carboxylic acids is 1. The number of carbonyl (C=O) groups is 1. The number of para-hydroxylation sites is 2. The molecule has 2 N–H and O–H groups in total. The van der Waals surface area contributed by atoms with Crippen molar-refractivity contribution in [1.29, 1.82) is 0 Å². The summed E-state index contributed by atoms with van der Waals surface area (Å²) in [6, 6.07) is 20.4. The summed E-state index contributed by atoms with van der Waals surface area (Å²) in [5, 5.41) is 0.866. The van der Waals surface area contributed by atoms with Gasteiger partial charge in [-0.2, -0.15) is 0 Å². The van der Waals surface area contributed by atoms with E-state index >= 15 is 0 Å². The lowest BCUT2D eigenvalue weighted by Gasteiger charge is -2.24. The first-order valence-corrected chi connectivity index (χ1v) is 11.7. The third-order valence-corrected chi connectivity index (χ3v) is 7.07. The number of benzene rings is 2. The molecular weight excluding hydrogens is 402 g/mol. The Kier molecular flexibility index (Phi) is 5.20. The first-order valence-electron chi connectivity index (χ1n) is 10.9. The largest absolute Gasteiger partial charge is 0.397 e. The number of unbranched alkanes of at least 4 members (excludes halogenated alkanes) is 1. The third-order valence-electron chi connectivity index (χ3n) is 5.96. The minimum atomic E-state index is -0.0857. The maximum absolute atomic E-state index is 14.0. The van der Waals surface area contributed by atoms with E-state index in [1.807, 2.05) is 53.4 Å². The standard InChI is InChI=1S/C26H25N3OS/c1-2-3-10-19-15-16-20-23(27)24(31-25(20)28-19)26(30)29-21-11-6-4-8-17(21)13-14-18-9-5-7-12-22(18)29/h4-9,11-12,15-16H,2-3,10,13-14,27H2,1H3. The molecule has 31 heavy (non-hydrogen) atoms. The second kappa shape index (κ2) is 8.16. The summed E-state index contributed by atoms with van der Waals surface area (Å²) < 4.78 is 0. The molecule has 3 heterocycles. The molecule has 0 atom stereocenters. The lowest BCUT2D eigenvalue weighted by molar-refractivity contribution is 0.100. The van der Waals surface area contributed by atoms with Crippen LogP contribution in [0, 0.1) is 0 Å². The number of aryl methyl sites for hydroxylation is 3. The van der Waals surface area contributed by atoms with E-state index in [4.69, 9.17) is 10.7 Å². The smallest absolute Gasteiger partial charge is 0.275 e. The number of anilines is 3. The van der Waals surface area contributed by atoms with Gasteiger partial charge in [0.2, 0.25) is 0 Å². The second-order valence-corrected chi connectivity index (χ2v) is 9.00. The first kappa shape index (κ1) is 19.8. The molecule has 1 aliphatic rings. The van der Waals surface area contributed by atoms with E-state index in [1.165, 1.54) is 22.5 Å². The van der Waals surface area contributed by atoms with Crippen LogP contribution in [0.3, 0.4) is 0 Å². The van der Waals surface area contributed by atoms with E-state index in [-0.39, 0.29) is 5.91 Å². The van der Waals surface area contributed by atoms with Gasteiger partial charge in [-0.15, -0.1) is 11.3 Å². The van der Waals surface area contributed by atoms with Crippen LogP contribution in [0.4, 0.5) is 17.1 Å². The van der Waals surface area contributed by atoms with Crippen molar-refractivity contribution in [1.82, 2.24) is 4.98 Å². The van der Waals surface area contributed by atoms with Gasteiger partial charge in [-0.05, 0) is 61.1 Å². The highest BCUT2D eigenvalue weighted by Crippen LogP contribution is 2.40. The van der Waals surface area contributed by atoms with Gasteiger partial charge in [-0.1, -0.05) is 49.7 Å². The summed E-state index contributed by atoms with van der Waals surface area (Å²) in [6.07, 6.45) is 4.99. The third kappa shape index (κ3) is 3.49. The van der Waals surface area contributed by atoms with Crippen molar-refractivity contribution in [2.45, 2.75) is 39.0 Å². The summed E-state index contributed by atoms with van der Waals surface area (Å²) in [6.45, 7) is 2.18. The van der Waals surface area contributed by atoms with Gasteiger partial charge in [0.1, 0.15) is 9.71 Å². The number of thiophene rings is 1. The molecule has 1 amide bonds. The fraction of sp³-hybridized carbons (Fsp3) is 0.231. The van der Waals surface area contributed by atoms with Crippen LogP contribution in [0.5, 0.6) is 0 Å². The summed E-state index contributed by atoms with van der Waals surface area (Å²) in [7, 11) is 0. The summed E-state index contributed by atoms with van der Waals surface area (Å²) in [5.41, 5.74) is 12.3. The maximum Gasteiger partial charge on any atom is 0.275 e. The monoisotopic (exact) mass is 427 g/mol. The van der Waals surface area contributed by atoms with Crippen molar-refractivity contribution in [2.75, 3.05) is 10.6 Å². The highest BCUT2D eigenvalue weighted by Gasteiger charge is 2.29. The Morgan fingerprint density at radius 1 is 1.00 bits per heavy atom. The fourth-order valence-corrected chi connectivity index (χ4v) is 5.33. The fourth-order valence-electron chi connectivity index (χ4n) is 4.29. The molecular formula is C26H25N3OS. The van der Waals surface area contributed by atoms with Gasteiger partial charge in [0.25, 0.3) is 5.91 Å². The molecule has 5 heteroatoms. The van der Waals surface area contributed by atoms with Crippen LogP contribution < -0.4 is 10.6 Å². The van der Waals surface area contributed by atoms with Crippen LogP contribution in [0.25, 0.3) is 10.2 Å². The van der Waals surface area contributed by atoms with Gasteiger partial charge < -0.3 is 5.73 Å². The maximum atomic E-state index is 14.0. The predicted octanol–water partition coefficient (Wildman–Crippen LogP) is 6.30. The summed E-state index contributed by atoms with van der Waals surface area (Å²) >= 11 is 1.40. The zero-order chi connectivity index (χ0) is 21.4. The molecule has 4 aromatic rings. The van der Waals surface area contributed by atoms with E-state index in [0.717, 1.165) is 59.4 Å². The highest BCUT2D eigenvalue weighted by molar-refractivity contribution is 7.21. The molecule has 156 valence electrons. The molecule has 2 aromatic heterocycles. The van der Waals surface area contributed by atoms with Crippen molar-refractivity contribution < 1.29 is 4.79 Å². The second-order valence-electron chi connectivity index (χ2n) is 8.00. The Hall–Kier alpha value is -3.18. The number of aromatic nitrogens is 1. The predicted molar refractivity (Wildman–Crippen MR) is 129 cm³/mol. The molecule has 0 saturated carbocycles. The average molecular weight is 428 g/mol. The van der Waals surface area contributed by atoms with Gasteiger partial charge >= 0.3 is 0 Å². The van der Waals surface area contributed by atoms with Gasteiger partial charge in [0.15, 0.2) is 0 Å². The van der Waals surface area contributed by atoms with Gasteiger partial charge in [-0.3, -0.25) is 9.69 Å². The van der Waals surface area contributed by atoms with Crippen molar-refractivity contribution in [3.8, 4) is 0 Å². The number of nitrogens with two attached hydrogens (primary N) is 1. The topological polar surface area (TPSA) is 59.2 Å². The molecule has 0 fully saturated rings. The summed E-state index contributed by atoms with van der Waals surface area (Å²) in [4.78, 5) is 22.0. The zero-order valence-corrected chi connectivity index (χ0v) is 18.4. The Labute approximate surface area is 186 Å². The molecule has 0 aliphatic carbocycles. The number of amides is 1. The average Bonchev–Trinajstić information content (AvgIpc) is 3.03. The van der Waals surface area contributed by atoms with Crippen molar-refractivity contribution in [3.05, 3.63) is 82.4 Å². The van der Waals surface area contributed by atoms with Gasteiger partial charge in [-0.25, -0.2) is 4.98 Å². The number of hydrogen-bond donors (Lipinski definition) is 1. The van der Waals surface area contributed by atoms with Crippen molar-refractivity contribution in [3.63, 3.8) is 0 Å². The van der Waals surface area contributed by atoms with Gasteiger partial charge in [0.05, 0.1) is 17.1 Å². The Balaban J connectivity index is 1.63. The summed E-state index contributed by atoms with van der Waals surface area (Å²) in [5.74, 6) is -0.0857. The number of nitrogens with zero attached hydrogens (tertiary/aromatic N) is 2. The Morgan fingerprint density at radius 3 is 2.29 bits per heavy atom. The van der Waals surface area contributed by atoms with Crippen molar-refractivity contribution in [2.24, 2.45) is 0 Å². The SMILES string of the molecule is CCCCc1ccc2c(N)c(C(=O)N3c4ccccc4CCc4ccccc43)sc2n1.